The lowest BCUT2D eigenvalue weighted by Gasteiger charge is -2.26. The molecule has 2 aromatic rings. The second-order valence-corrected chi connectivity index (χ2v) is 9.33. The van der Waals surface area contributed by atoms with Crippen LogP contribution in [0.4, 0.5) is 4.39 Å². The van der Waals surface area contributed by atoms with Crippen molar-refractivity contribution >= 4 is 10.8 Å². The number of unbranched alkanes of at least 4 members (excludes halogenated alkanes) is 6. The largest absolute Gasteiger partial charge is 0.490 e. The van der Waals surface area contributed by atoms with Crippen LogP contribution in [0.15, 0.2) is 39.6 Å². The van der Waals surface area contributed by atoms with E-state index in [1.165, 1.54) is 32.1 Å². The fraction of sp³-hybridized carbons (Fsp3) is 0.607. The summed E-state index contributed by atoms with van der Waals surface area (Å²) in [5, 5.41) is 0.596. The Kier molecular flexibility index (Phi) is 9.83. The highest BCUT2D eigenvalue weighted by Gasteiger charge is 2.21. The molecule has 0 unspecified atom stereocenters. The molecular formula is C28H39FO3. The molecule has 0 bridgehead atoms. The lowest BCUT2D eigenvalue weighted by molar-refractivity contribution is 0.189. The Labute approximate surface area is 192 Å². The standard InChI is InChI=1S/C28H39FO3/c1-3-5-6-7-8-9-10-12-24-19-23-17-18-25(27(29)26(23)28(30)32-24)31-20-22-15-13-21(11-4-2)14-16-22/h4,11,17-19,21-22H,3,5-10,12-16,20H2,1-2H3/b11-4+. The molecule has 4 heteroatoms. The quantitative estimate of drug-likeness (QED) is 0.247. The summed E-state index contributed by atoms with van der Waals surface area (Å²) in [6.45, 7) is 4.77. The number of halogens is 1. The topological polar surface area (TPSA) is 39.4 Å². The van der Waals surface area contributed by atoms with Gasteiger partial charge in [0.05, 0.1) is 6.61 Å². The average Bonchev–Trinajstić information content (AvgIpc) is 2.79. The van der Waals surface area contributed by atoms with Gasteiger partial charge in [-0.15, -0.1) is 0 Å². The predicted octanol–water partition coefficient (Wildman–Crippen LogP) is 7.99. The van der Waals surface area contributed by atoms with E-state index in [1.807, 2.05) is 6.07 Å². The normalized spacial score (nSPS) is 19.1. The fourth-order valence-electron chi connectivity index (χ4n) is 4.79. The number of rotatable bonds is 12. The molecule has 0 aliphatic heterocycles. The molecule has 1 aliphatic carbocycles. The van der Waals surface area contributed by atoms with Gasteiger partial charge in [0.2, 0.25) is 0 Å². The molecule has 0 radical (unpaired) electrons. The van der Waals surface area contributed by atoms with Crippen molar-refractivity contribution in [3.05, 3.63) is 52.3 Å². The van der Waals surface area contributed by atoms with E-state index in [2.05, 4.69) is 26.0 Å². The number of benzene rings is 1. The van der Waals surface area contributed by atoms with Crippen molar-refractivity contribution in [3.8, 4) is 5.75 Å². The molecule has 1 aliphatic rings. The monoisotopic (exact) mass is 442 g/mol. The van der Waals surface area contributed by atoms with Crippen LogP contribution in [0.5, 0.6) is 5.75 Å². The second-order valence-electron chi connectivity index (χ2n) is 9.33. The summed E-state index contributed by atoms with van der Waals surface area (Å²) in [4.78, 5) is 12.5. The predicted molar refractivity (Wildman–Crippen MR) is 130 cm³/mol. The maximum absolute atomic E-state index is 15.0. The Hall–Kier alpha value is -2.10. The number of allylic oxidation sites excluding steroid dienone is 2. The van der Waals surface area contributed by atoms with Gasteiger partial charge in [0.15, 0.2) is 11.6 Å². The molecule has 1 saturated carbocycles. The summed E-state index contributed by atoms with van der Waals surface area (Å²) in [6.07, 6.45) is 18.1. The van der Waals surface area contributed by atoms with Gasteiger partial charge in [0.25, 0.3) is 0 Å². The smallest absolute Gasteiger partial charge is 0.346 e. The van der Waals surface area contributed by atoms with Crippen molar-refractivity contribution < 1.29 is 13.5 Å². The van der Waals surface area contributed by atoms with Gasteiger partial charge < -0.3 is 9.15 Å². The number of hydrogen-bond acceptors (Lipinski definition) is 3. The molecule has 176 valence electrons. The van der Waals surface area contributed by atoms with Gasteiger partial charge in [-0.25, -0.2) is 9.18 Å². The van der Waals surface area contributed by atoms with Gasteiger partial charge in [-0.05, 0) is 68.4 Å². The van der Waals surface area contributed by atoms with Crippen molar-refractivity contribution in [1.82, 2.24) is 0 Å². The SMILES string of the molecule is C/C=C/C1CCC(COc2ccc3cc(CCCCCCCCC)oc(=O)c3c2F)CC1. The van der Waals surface area contributed by atoms with Crippen LogP contribution >= 0.6 is 0 Å². The highest BCUT2D eigenvalue weighted by atomic mass is 19.1. The van der Waals surface area contributed by atoms with E-state index in [0.29, 0.717) is 36.0 Å². The first kappa shape index (κ1) is 24.5. The van der Waals surface area contributed by atoms with E-state index in [4.69, 9.17) is 9.15 Å². The molecule has 1 fully saturated rings. The third-order valence-electron chi connectivity index (χ3n) is 6.74. The molecule has 0 amide bonds. The van der Waals surface area contributed by atoms with Crippen LogP contribution < -0.4 is 10.4 Å². The first-order valence-electron chi connectivity index (χ1n) is 12.6. The zero-order valence-electron chi connectivity index (χ0n) is 19.8. The first-order valence-corrected chi connectivity index (χ1v) is 12.6. The molecule has 0 saturated heterocycles. The molecule has 0 N–H and O–H groups in total. The van der Waals surface area contributed by atoms with Crippen molar-refractivity contribution in [2.75, 3.05) is 6.61 Å². The highest BCUT2D eigenvalue weighted by molar-refractivity contribution is 5.83. The van der Waals surface area contributed by atoms with Crippen LogP contribution in [-0.2, 0) is 6.42 Å². The molecule has 0 spiro atoms. The van der Waals surface area contributed by atoms with Crippen LogP contribution in [0.2, 0.25) is 0 Å². The van der Waals surface area contributed by atoms with E-state index < -0.39 is 11.4 Å². The summed E-state index contributed by atoms with van der Waals surface area (Å²) < 4.78 is 26.3. The van der Waals surface area contributed by atoms with Crippen molar-refractivity contribution in [3.63, 3.8) is 0 Å². The third kappa shape index (κ3) is 6.95. The Morgan fingerprint density at radius 3 is 2.50 bits per heavy atom. The van der Waals surface area contributed by atoms with Gasteiger partial charge in [0.1, 0.15) is 11.1 Å². The minimum absolute atomic E-state index is 0.00241. The van der Waals surface area contributed by atoms with E-state index >= 15 is 4.39 Å². The Balaban J connectivity index is 1.55. The average molecular weight is 443 g/mol. The summed E-state index contributed by atoms with van der Waals surface area (Å²) >= 11 is 0. The molecule has 0 atom stereocenters. The Bertz CT molecular complexity index is 922. The molecule has 1 aromatic carbocycles. The number of aryl methyl sites for hydroxylation is 1. The second kappa shape index (κ2) is 12.8. The number of fused-ring (bicyclic) bond motifs is 1. The summed E-state index contributed by atoms with van der Waals surface area (Å²) in [5.41, 5.74) is -0.602. The summed E-state index contributed by atoms with van der Waals surface area (Å²) in [7, 11) is 0. The zero-order valence-corrected chi connectivity index (χ0v) is 19.8. The molecule has 3 nitrogen and oxygen atoms in total. The van der Waals surface area contributed by atoms with Gasteiger partial charge >= 0.3 is 5.63 Å². The minimum atomic E-state index is -0.602. The molecule has 1 aromatic heterocycles. The van der Waals surface area contributed by atoms with Crippen LogP contribution in [0, 0.1) is 17.7 Å². The van der Waals surface area contributed by atoms with Crippen LogP contribution in [0.1, 0.15) is 90.2 Å². The van der Waals surface area contributed by atoms with Gasteiger partial charge in [-0.1, -0.05) is 63.7 Å². The molecule has 32 heavy (non-hydrogen) atoms. The Morgan fingerprint density at radius 1 is 1.06 bits per heavy atom. The zero-order chi connectivity index (χ0) is 22.8. The Morgan fingerprint density at radius 2 is 1.78 bits per heavy atom. The first-order chi connectivity index (χ1) is 15.6. The van der Waals surface area contributed by atoms with Gasteiger partial charge in [0, 0.05) is 6.42 Å². The molecular weight excluding hydrogens is 403 g/mol. The minimum Gasteiger partial charge on any atom is -0.490 e. The lowest BCUT2D eigenvalue weighted by atomic mass is 9.82. The number of hydrogen-bond donors (Lipinski definition) is 0. The molecule has 1 heterocycles. The summed E-state index contributed by atoms with van der Waals surface area (Å²) in [5.74, 6) is 1.30. The maximum Gasteiger partial charge on any atom is 0.346 e. The van der Waals surface area contributed by atoms with Crippen LogP contribution in [0.25, 0.3) is 10.8 Å². The van der Waals surface area contributed by atoms with Gasteiger partial charge in [-0.3, -0.25) is 0 Å². The lowest BCUT2D eigenvalue weighted by Crippen LogP contribution is -2.19. The number of ether oxygens (including phenoxy) is 1. The third-order valence-corrected chi connectivity index (χ3v) is 6.74. The van der Waals surface area contributed by atoms with E-state index in [-0.39, 0.29) is 11.1 Å². The van der Waals surface area contributed by atoms with Crippen LogP contribution in [0.3, 0.4) is 0 Å². The van der Waals surface area contributed by atoms with E-state index in [9.17, 15) is 4.79 Å². The van der Waals surface area contributed by atoms with Crippen molar-refractivity contribution in [1.29, 1.82) is 0 Å². The van der Waals surface area contributed by atoms with Crippen molar-refractivity contribution in [2.24, 2.45) is 11.8 Å². The van der Waals surface area contributed by atoms with E-state index in [1.54, 1.807) is 12.1 Å². The summed E-state index contributed by atoms with van der Waals surface area (Å²) in [6, 6.07) is 5.24. The van der Waals surface area contributed by atoms with Crippen molar-refractivity contribution in [2.45, 2.75) is 90.9 Å². The fourth-order valence-corrected chi connectivity index (χ4v) is 4.79. The van der Waals surface area contributed by atoms with Crippen LogP contribution in [-0.4, -0.2) is 6.61 Å². The highest BCUT2D eigenvalue weighted by Crippen LogP contribution is 2.31. The maximum atomic E-state index is 15.0. The molecule has 3 rings (SSSR count). The van der Waals surface area contributed by atoms with E-state index in [0.717, 1.165) is 38.5 Å². The van der Waals surface area contributed by atoms with Gasteiger partial charge in [-0.2, -0.15) is 0 Å².